The molecule has 0 bridgehead atoms. The topological polar surface area (TPSA) is 86.8 Å². The third kappa shape index (κ3) is 5.01. The Labute approximate surface area is 169 Å². The fourth-order valence-corrected chi connectivity index (χ4v) is 3.72. The minimum atomic E-state index is -0.691. The van der Waals surface area contributed by atoms with Crippen LogP contribution >= 0.6 is 11.3 Å². The van der Waals surface area contributed by atoms with Crippen molar-refractivity contribution < 1.29 is 23.8 Å². The average Bonchev–Trinajstić information content (AvgIpc) is 3.07. The van der Waals surface area contributed by atoms with Crippen molar-refractivity contribution in [3.8, 4) is 22.1 Å². The zero-order valence-electron chi connectivity index (χ0n) is 17.0. The van der Waals surface area contributed by atoms with Crippen LogP contribution < -0.4 is 14.8 Å². The molecule has 0 aliphatic rings. The highest BCUT2D eigenvalue weighted by Crippen LogP contribution is 2.35. The monoisotopic (exact) mass is 406 g/mol. The lowest BCUT2D eigenvalue weighted by atomic mass is 10.0. The zero-order valence-corrected chi connectivity index (χ0v) is 17.8. The molecule has 1 heterocycles. The van der Waals surface area contributed by atoms with Crippen LogP contribution in [-0.2, 0) is 9.53 Å². The zero-order chi connectivity index (χ0) is 20.8. The molecular weight excluding hydrogens is 380 g/mol. The quantitative estimate of drug-likeness (QED) is 0.676. The molecule has 7 nitrogen and oxygen atoms in total. The van der Waals surface area contributed by atoms with E-state index in [0.29, 0.717) is 33.5 Å². The molecule has 1 atom stereocenters. The number of carbonyl (C=O) groups is 2. The van der Waals surface area contributed by atoms with Crippen molar-refractivity contribution in [1.82, 2.24) is 10.3 Å². The van der Waals surface area contributed by atoms with Crippen molar-refractivity contribution in [3.63, 3.8) is 0 Å². The van der Waals surface area contributed by atoms with Crippen molar-refractivity contribution in [2.45, 2.75) is 33.2 Å². The van der Waals surface area contributed by atoms with Crippen molar-refractivity contribution in [1.29, 1.82) is 0 Å². The summed E-state index contributed by atoms with van der Waals surface area (Å²) in [6.45, 7) is 5.73. The van der Waals surface area contributed by atoms with E-state index in [4.69, 9.17) is 14.2 Å². The molecule has 0 fully saturated rings. The first-order valence-electron chi connectivity index (χ1n) is 8.89. The number of amides is 1. The number of rotatable bonds is 8. The highest BCUT2D eigenvalue weighted by Gasteiger charge is 2.25. The Morgan fingerprint density at radius 3 is 2.39 bits per heavy atom. The highest BCUT2D eigenvalue weighted by atomic mass is 32.1. The van der Waals surface area contributed by atoms with Gasteiger partial charge in [0.15, 0.2) is 11.5 Å². The molecule has 1 aromatic heterocycles. The number of carbonyl (C=O) groups excluding carboxylic acids is 2. The summed E-state index contributed by atoms with van der Waals surface area (Å²) in [4.78, 5) is 29.7. The number of aromatic nitrogens is 1. The van der Waals surface area contributed by atoms with Crippen molar-refractivity contribution in [2.24, 2.45) is 5.92 Å². The molecule has 0 aliphatic heterocycles. The average molecular weight is 407 g/mol. The van der Waals surface area contributed by atoms with E-state index in [9.17, 15) is 9.59 Å². The second-order valence-electron chi connectivity index (χ2n) is 6.68. The van der Waals surface area contributed by atoms with Gasteiger partial charge in [0.1, 0.15) is 15.9 Å². The standard InChI is InChI=1S/C20H26N2O5S/c1-11(2)9-14(20(24)27-6)22-18(23)17-12(3)21-19(28-17)13-7-8-15(25-4)16(10-13)26-5/h7-8,10-11,14H,9H2,1-6H3,(H,22,23)/t14-/m0/s1. The fraction of sp³-hybridized carbons (Fsp3) is 0.450. The Morgan fingerprint density at radius 1 is 1.14 bits per heavy atom. The van der Waals surface area contributed by atoms with E-state index in [-0.39, 0.29) is 11.8 Å². The maximum Gasteiger partial charge on any atom is 0.328 e. The number of hydrogen-bond acceptors (Lipinski definition) is 7. The number of aryl methyl sites for hydroxylation is 1. The summed E-state index contributed by atoms with van der Waals surface area (Å²) >= 11 is 1.26. The lowest BCUT2D eigenvalue weighted by Gasteiger charge is -2.17. The lowest BCUT2D eigenvalue weighted by Crippen LogP contribution is -2.42. The van der Waals surface area contributed by atoms with Gasteiger partial charge in [-0.2, -0.15) is 0 Å². The molecule has 0 aliphatic carbocycles. The summed E-state index contributed by atoms with van der Waals surface area (Å²) in [7, 11) is 4.45. The summed E-state index contributed by atoms with van der Waals surface area (Å²) < 4.78 is 15.4. The molecule has 2 rings (SSSR count). The van der Waals surface area contributed by atoms with Crippen molar-refractivity contribution >= 4 is 23.2 Å². The first-order valence-corrected chi connectivity index (χ1v) is 9.70. The van der Waals surface area contributed by atoms with E-state index in [2.05, 4.69) is 10.3 Å². The molecule has 0 radical (unpaired) electrons. The maximum absolute atomic E-state index is 12.8. The molecule has 152 valence electrons. The SMILES string of the molecule is COC(=O)[C@H](CC(C)C)NC(=O)c1sc(-c2ccc(OC)c(OC)c2)nc1C. The molecule has 28 heavy (non-hydrogen) atoms. The Hall–Kier alpha value is -2.61. The normalized spacial score (nSPS) is 11.8. The van der Waals surface area contributed by atoms with E-state index >= 15 is 0 Å². The van der Waals surface area contributed by atoms with Crippen LogP contribution in [0.25, 0.3) is 10.6 Å². The Balaban J connectivity index is 2.27. The molecular formula is C20H26N2O5S. The van der Waals surface area contributed by atoms with E-state index in [0.717, 1.165) is 5.56 Å². The van der Waals surface area contributed by atoms with E-state index < -0.39 is 12.0 Å². The Kier molecular flexibility index (Phi) is 7.39. The number of hydrogen-bond donors (Lipinski definition) is 1. The minimum absolute atomic E-state index is 0.231. The summed E-state index contributed by atoms with van der Waals surface area (Å²) in [5, 5.41) is 3.46. The molecule has 2 aromatic rings. The van der Waals surface area contributed by atoms with Crippen molar-refractivity contribution in [3.05, 3.63) is 28.8 Å². The Bertz CT molecular complexity index is 847. The van der Waals surface area contributed by atoms with Crippen LogP contribution in [0.4, 0.5) is 0 Å². The predicted octanol–water partition coefficient (Wildman–Crippen LogP) is 3.45. The fourth-order valence-electron chi connectivity index (χ4n) is 2.75. The second-order valence-corrected chi connectivity index (χ2v) is 7.68. The number of nitrogens with one attached hydrogen (secondary N) is 1. The smallest absolute Gasteiger partial charge is 0.328 e. The van der Waals surface area contributed by atoms with Gasteiger partial charge in [-0.15, -0.1) is 11.3 Å². The van der Waals surface area contributed by atoms with Gasteiger partial charge in [-0.05, 0) is 37.5 Å². The molecule has 0 spiro atoms. The molecule has 1 amide bonds. The molecule has 0 unspecified atom stereocenters. The van der Waals surface area contributed by atoms with Gasteiger partial charge in [0, 0.05) is 5.56 Å². The van der Waals surface area contributed by atoms with Gasteiger partial charge in [0.05, 0.1) is 27.0 Å². The van der Waals surface area contributed by atoms with Crippen molar-refractivity contribution in [2.75, 3.05) is 21.3 Å². The summed E-state index contributed by atoms with van der Waals surface area (Å²) in [5.74, 6) is 0.644. The molecule has 0 saturated carbocycles. The Morgan fingerprint density at radius 2 is 1.82 bits per heavy atom. The van der Waals surface area contributed by atoms with Gasteiger partial charge in [0.25, 0.3) is 5.91 Å². The largest absolute Gasteiger partial charge is 0.493 e. The minimum Gasteiger partial charge on any atom is -0.493 e. The summed E-state index contributed by atoms with van der Waals surface area (Å²) in [6, 6.07) is 4.77. The van der Waals surface area contributed by atoms with E-state index in [1.807, 2.05) is 26.0 Å². The molecule has 0 saturated heterocycles. The van der Waals surface area contributed by atoms with Gasteiger partial charge in [-0.1, -0.05) is 13.8 Å². The van der Waals surface area contributed by atoms with Crippen LogP contribution in [0.2, 0.25) is 0 Å². The highest BCUT2D eigenvalue weighted by molar-refractivity contribution is 7.17. The number of methoxy groups -OCH3 is 3. The first kappa shape index (κ1) is 21.7. The van der Waals surface area contributed by atoms with Gasteiger partial charge in [-0.3, -0.25) is 4.79 Å². The number of esters is 1. The van der Waals surface area contributed by atoms with Gasteiger partial charge < -0.3 is 19.5 Å². The maximum atomic E-state index is 12.8. The van der Waals surface area contributed by atoms with Gasteiger partial charge in [0.2, 0.25) is 0 Å². The van der Waals surface area contributed by atoms with Crippen LogP contribution in [-0.4, -0.2) is 44.2 Å². The number of ether oxygens (including phenoxy) is 3. The second kappa shape index (κ2) is 9.54. The summed E-state index contributed by atoms with van der Waals surface area (Å²) in [5.41, 5.74) is 1.41. The van der Waals surface area contributed by atoms with Crippen LogP contribution in [0.1, 0.15) is 35.6 Å². The third-order valence-corrected chi connectivity index (χ3v) is 5.34. The first-order chi connectivity index (χ1) is 13.3. The van der Waals surface area contributed by atoms with Crippen LogP contribution in [0.3, 0.4) is 0 Å². The van der Waals surface area contributed by atoms with Crippen LogP contribution in [0.15, 0.2) is 18.2 Å². The molecule has 8 heteroatoms. The number of benzene rings is 1. The van der Waals surface area contributed by atoms with Crippen LogP contribution in [0.5, 0.6) is 11.5 Å². The third-order valence-electron chi connectivity index (χ3n) is 4.13. The molecule has 1 N–H and O–H groups in total. The van der Waals surface area contributed by atoms with E-state index in [1.165, 1.54) is 18.4 Å². The summed E-state index contributed by atoms with van der Waals surface area (Å²) in [6.07, 6.45) is 0.499. The van der Waals surface area contributed by atoms with Gasteiger partial charge >= 0.3 is 5.97 Å². The molecule has 1 aromatic carbocycles. The number of thiazole rings is 1. The number of nitrogens with zero attached hydrogens (tertiary/aromatic N) is 1. The van der Waals surface area contributed by atoms with Gasteiger partial charge in [-0.25, -0.2) is 9.78 Å². The lowest BCUT2D eigenvalue weighted by molar-refractivity contribution is -0.143. The predicted molar refractivity (Wildman–Crippen MR) is 108 cm³/mol. The van der Waals surface area contributed by atoms with Crippen LogP contribution in [0, 0.1) is 12.8 Å². The van der Waals surface area contributed by atoms with E-state index in [1.54, 1.807) is 27.2 Å².